The fraction of sp³-hybridized carbons (Fsp3) is 0.192. The van der Waals surface area contributed by atoms with Gasteiger partial charge in [0.25, 0.3) is 5.56 Å². The molecule has 2 aromatic carbocycles. The molecule has 0 bridgehead atoms. The summed E-state index contributed by atoms with van der Waals surface area (Å²) in [5.41, 5.74) is 9.15. The molecule has 0 radical (unpaired) electrons. The highest BCUT2D eigenvalue weighted by Crippen LogP contribution is 2.20. The molecule has 4 N–H and O–H groups in total. The van der Waals surface area contributed by atoms with E-state index in [-0.39, 0.29) is 11.5 Å². The van der Waals surface area contributed by atoms with Crippen LogP contribution >= 0.6 is 0 Å². The summed E-state index contributed by atoms with van der Waals surface area (Å²) in [5, 5.41) is 12.8. The van der Waals surface area contributed by atoms with Gasteiger partial charge in [-0.25, -0.2) is 14.8 Å². The average Bonchev–Trinajstić information content (AvgIpc) is 2.81. The molecule has 0 atom stereocenters. The van der Waals surface area contributed by atoms with Crippen molar-refractivity contribution < 1.29 is 9.90 Å². The molecule has 9 heteroatoms. The van der Waals surface area contributed by atoms with Crippen molar-refractivity contribution in [2.75, 3.05) is 17.6 Å². The Kier molecular flexibility index (Phi) is 6.86. The Labute approximate surface area is 202 Å². The number of hydrogen-bond acceptors (Lipinski definition) is 7. The van der Waals surface area contributed by atoms with Crippen molar-refractivity contribution in [3.05, 3.63) is 87.6 Å². The van der Waals surface area contributed by atoms with Crippen LogP contribution in [0.2, 0.25) is 0 Å². The third kappa shape index (κ3) is 5.19. The van der Waals surface area contributed by atoms with Gasteiger partial charge in [0.2, 0.25) is 5.95 Å². The molecular formula is C26H26N6O3. The van der Waals surface area contributed by atoms with Gasteiger partial charge in [-0.05, 0) is 50.1 Å². The summed E-state index contributed by atoms with van der Waals surface area (Å²) in [7, 11) is 0. The highest BCUT2D eigenvalue weighted by molar-refractivity contribution is 5.87. The molecular weight excluding hydrogens is 444 g/mol. The first kappa shape index (κ1) is 23.6. The van der Waals surface area contributed by atoms with Crippen molar-refractivity contribution in [2.24, 2.45) is 0 Å². The van der Waals surface area contributed by atoms with Gasteiger partial charge < -0.3 is 16.2 Å². The molecule has 0 aliphatic carbocycles. The Morgan fingerprint density at radius 3 is 2.60 bits per heavy atom. The lowest BCUT2D eigenvalue weighted by molar-refractivity contribution is -0.131. The van der Waals surface area contributed by atoms with E-state index in [9.17, 15) is 9.59 Å². The first-order chi connectivity index (χ1) is 16.8. The Morgan fingerprint density at radius 2 is 1.86 bits per heavy atom. The highest BCUT2D eigenvalue weighted by Gasteiger charge is 2.14. The number of hydrogen-bond donors (Lipinski definition) is 3. The Bertz CT molecular complexity index is 1480. The second kappa shape index (κ2) is 10.2. The number of benzene rings is 2. The summed E-state index contributed by atoms with van der Waals surface area (Å²) in [6, 6.07) is 15.1. The lowest BCUT2D eigenvalue weighted by atomic mass is 10.1. The SMILES string of the molecule is Cc1nc(N)nc(NCCCc2nc3cccc(C)c3c(=O)n2-c2ccccc2)c1/C=C/C(=O)O. The summed E-state index contributed by atoms with van der Waals surface area (Å²) in [4.78, 5) is 37.6. The minimum Gasteiger partial charge on any atom is -0.478 e. The predicted octanol–water partition coefficient (Wildman–Crippen LogP) is 3.52. The second-order valence-electron chi connectivity index (χ2n) is 8.10. The third-order valence-electron chi connectivity index (χ3n) is 5.61. The maximum Gasteiger partial charge on any atom is 0.328 e. The summed E-state index contributed by atoms with van der Waals surface area (Å²) in [5.74, 6) is 0.145. The highest BCUT2D eigenvalue weighted by atomic mass is 16.4. The first-order valence-electron chi connectivity index (χ1n) is 11.2. The third-order valence-corrected chi connectivity index (χ3v) is 5.61. The number of aliphatic carboxylic acids is 1. The van der Waals surface area contributed by atoms with E-state index in [1.807, 2.05) is 55.5 Å². The number of nitrogen functional groups attached to an aromatic ring is 1. The zero-order chi connectivity index (χ0) is 24.9. The van der Waals surface area contributed by atoms with Crippen LogP contribution in [0, 0.1) is 13.8 Å². The molecule has 178 valence electrons. The summed E-state index contributed by atoms with van der Waals surface area (Å²) < 4.78 is 1.67. The van der Waals surface area contributed by atoms with Crippen LogP contribution in [0.25, 0.3) is 22.7 Å². The second-order valence-corrected chi connectivity index (χ2v) is 8.10. The normalized spacial score (nSPS) is 11.3. The maximum atomic E-state index is 13.5. The van der Waals surface area contributed by atoms with Gasteiger partial charge in [-0.3, -0.25) is 9.36 Å². The predicted molar refractivity (Wildman–Crippen MR) is 137 cm³/mol. The number of anilines is 2. The van der Waals surface area contributed by atoms with Crippen LogP contribution < -0.4 is 16.6 Å². The molecule has 9 nitrogen and oxygen atoms in total. The molecule has 35 heavy (non-hydrogen) atoms. The van der Waals surface area contributed by atoms with Crippen LogP contribution in [0.5, 0.6) is 0 Å². The van der Waals surface area contributed by atoms with E-state index in [1.165, 1.54) is 6.08 Å². The fourth-order valence-electron chi connectivity index (χ4n) is 4.00. The molecule has 0 saturated heterocycles. The molecule has 0 fully saturated rings. The van der Waals surface area contributed by atoms with Gasteiger partial charge in [0.05, 0.1) is 22.3 Å². The summed E-state index contributed by atoms with van der Waals surface area (Å²) in [6.07, 6.45) is 3.65. The number of carboxylic acids is 1. The minimum atomic E-state index is -1.07. The van der Waals surface area contributed by atoms with Crippen LogP contribution in [-0.2, 0) is 11.2 Å². The van der Waals surface area contributed by atoms with E-state index < -0.39 is 5.97 Å². The topological polar surface area (TPSA) is 136 Å². The van der Waals surface area contributed by atoms with Gasteiger partial charge in [0, 0.05) is 24.6 Å². The number of fused-ring (bicyclic) bond motifs is 1. The molecule has 0 aliphatic rings. The smallest absolute Gasteiger partial charge is 0.328 e. The number of carbonyl (C=O) groups is 1. The van der Waals surface area contributed by atoms with E-state index in [1.54, 1.807) is 11.5 Å². The van der Waals surface area contributed by atoms with Crippen molar-refractivity contribution >= 4 is 34.7 Å². The van der Waals surface area contributed by atoms with Crippen LogP contribution in [0.4, 0.5) is 11.8 Å². The zero-order valence-corrected chi connectivity index (χ0v) is 19.5. The molecule has 4 aromatic rings. The largest absolute Gasteiger partial charge is 0.478 e. The van der Waals surface area contributed by atoms with Crippen molar-refractivity contribution in [1.29, 1.82) is 0 Å². The standard InChI is InChI=1S/C26H26N6O3/c1-16-8-6-11-20-23(16)25(35)32(18-9-4-3-5-10-18)21(30-20)12-7-15-28-24-19(13-14-22(33)34)17(2)29-26(27)31-24/h3-6,8-11,13-14H,7,12,15H2,1-2H3,(H,33,34)(H3,27,28,29,31)/b14-13+. The van der Waals surface area contributed by atoms with Gasteiger partial charge in [0.1, 0.15) is 11.6 Å². The number of nitrogens with zero attached hydrogens (tertiary/aromatic N) is 4. The van der Waals surface area contributed by atoms with Crippen LogP contribution in [0.15, 0.2) is 59.4 Å². The molecule has 2 heterocycles. The Morgan fingerprint density at radius 1 is 1.09 bits per heavy atom. The number of aromatic nitrogens is 4. The van der Waals surface area contributed by atoms with Gasteiger partial charge in [-0.1, -0.05) is 30.3 Å². The molecule has 2 aromatic heterocycles. The van der Waals surface area contributed by atoms with Crippen molar-refractivity contribution in [3.8, 4) is 5.69 Å². The molecule has 0 spiro atoms. The number of para-hydroxylation sites is 1. The number of rotatable bonds is 8. The average molecular weight is 471 g/mol. The lowest BCUT2D eigenvalue weighted by Crippen LogP contribution is -2.25. The summed E-state index contributed by atoms with van der Waals surface area (Å²) in [6.45, 7) is 4.15. The molecule has 0 aliphatic heterocycles. The minimum absolute atomic E-state index is 0.0949. The lowest BCUT2D eigenvalue weighted by Gasteiger charge is -2.15. The van der Waals surface area contributed by atoms with Crippen LogP contribution in [0.1, 0.15) is 29.1 Å². The van der Waals surface area contributed by atoms with Gasteiger partial charge >= 0.3 is 5.97 Å². The zero-order valence-electron chi connectivity index (χ0n) is 19.5. The fourth-order valence-corrected chi connectivity index (χ4v) is 4.00. The maximum absolute atomic E-state index is 13.5. The molecule has 0 unspecified atom stereocenters. The van der Waals surface area contributed by atoms with Crippen molar-refractivity contribution in [3.63, 3.8) is 0 Å². The van der Waals surface area contributed by atoms with E-state index >= 15 is 0 Å². The monoisotopic (exact) mass is 470 g/mol. The first-order valence-corrected chi connectivity index (χ1v) is 11.2. The molecule has 4 rings (SSSR count). The van der Waals surface area contributed by atoms with E-state index in [2.05, 4.69) is 15.3 Å². The van der Waals surface area contributed by atoms with E-state index in [4.69, 9.17) is 15.8 Å². The molecule has 0 saturated carbocycles. The Balaban J connectivity index is 1.61. The van der Waals surface area contributed by atoms with Crippen LogP contribution in [-0.4, -0.2) is 37.1 Å². The van der Waals surface area contributed by atoms with Gasteiger partial charge in [-0.2, -0.15) is 4.98 Å². The van der Waals surface area contributed by atoms with E-state index in [0.29, 0.717) is 53.2 Å². The molecule has 0 amide bonds. The van der Waals surface area contributed by atoms with E-state index in [0.717, 1.165) is 17.3 Å². The van der Waals surface area contributed by atoms with Crippen LogP contribution in [0.3, 0.4) is 0 Å². The number of aryl methyl sites for hydroxylation is 3. The van der Waals surface area contributed by atoms with Gasteiger partial charge in [-0.15, -0.1) is 0 Å². The van der Waals surface area contributed by atoms with Gasteiger partial charge in [0.15, 0.2) is 0 Å². The van der Waals surface area contributed by atoms with Crippen molar-refractivity contribution in [1.82, 2.24) is 19.5 Å². The van der Waals surface area contributed by atoms with Crippen molar-refractivity contribution in [2.45, 2.75) is 26.7 Å². The number of carboxylic acid groups (broad SMARTS) is 1. The number of nitrogens with two attached hydrogens (primary N) is 1. The Hall–Kier alpha value is -4.53. The quantitative estimate of drug-likeness (QED) is 0.263. The summed E-state index contributed by atoms with van der Waals surface area (Å²) >= 11 is 0. The number of nitrogens with one attached hydrogen (secondary N) is 1.